The van der Waals surface area contributed by atoms with Gasteiger partial charge in [-0.2, -0.15) is 0 Å². The zero-order valence-electron chi connectivity index (χ0n) is 14.0. The molecule has 3 heterocycles. The number of amides is 1. The van der Waals surface area contributed by atoms with E-state index in [0.29, 0.717) is 25.5 Å². The Bertz CT molecular complexity index is 710. The van der Waals surface area contributed by atoms with Gasteiger partial charge in [0, 0.05) is 25.1 Å². The van der Waals surface area contributed by atoms with E-state index in [4.69, 9.17) is 9.47 Å². The van der Waals surface area contributed by atoms with Gasteiger partial charge in [0.1, 0.15) is 11.8 Å². The molecule has 1 aliphatic carbocycles. The zero-order chi connectivity index (χ0) is 17.1. The Morgan fingerprint density at radius 1 is 1.24 bits per heavy atom. The molecular weight excluding hydrogens is 318 g/mol. The highest BCUT2D eigenvalue weighted by Gasteiger charge is 2.45. The molecule has 25 heavy (non-hydrogen) atoms. The normalized spacial score (nSPS) is 25.6. The number of aromatic nitrogens is 2. The first-order valence-corrected chi connectivity index (χ1v) is 8.67. The van der Waals surface area contributed by atoms with Crippen molar-refractivity contribution < 1.29 is 14.3 Å². The van der Waals surface area contributed by atoms with E-state index in [9.17, 15) is 4.79 Å². The molecule has 2 fully saturated rings. The van der Waals surface area contributed by atoms with Gasteiger partial charge >= 0.3 is 0 Å². The van der Waals surface area contributed by atoms with Crippen LogP contribution in [0.25, 0.3) is 0 Å². The van der Waals surface area contributed by atoms with Crippen LogP contribution in [-0.4, -0.2) is 52.2 Å². The molecule has 2 aromatic rings. The maximum Gasteiger partial charge on any atom is 0.272 e. The van der Waals surface area contributed by atoms with Crippen LogP contribution >= 0.6 is 0 Å². The van der Waals surface area contributed by atoms with Crippen LogP contribution in [0.1, 0.15) is 28.9 Å². The molecule has 1 aliphatic heterocycles. The standard InChI is InChI=1S/C19H21N3O3/c23-19(15-5-1-2-9-21-15)22-10-11-24-18-16(22)6-7-17(18)25-13-14-4-3-8-20-12-14/h1-5,8-9,12,16-18H,6-7,10-11,13H2/t16-,17-,18-/m1/s1. The minimum absolute atomic E-state index is 0.00420. The van der Waals surface area contributed by atoms with Gasteiger partial charge in [-0.05, 0) is 36.6 Å². The summed E-state index contributed by atoms with van der Waals surface area (Å²) in [5.74, 6) is -0.0215. The molecule has 3 atom stereocenters. The Balaban J connectivity index is 1.42. The van der Waals surface area contributed by atoms with E-state index in [2.05, 4.69) is 9.97 Å². The molecule has 2 aromatic heterocycles. The lowest BCUT2D eigenvalue weighted by molar-refractivity contribution is -0.108. The highest BCUT2D eigenvalue weighted by Crippen LogP contribution is 2.33. The van der Waals surface area contributed by atoms with E-state index < -0.39 is 0 Å². The molecule has 0 spiro atoms. The van der Waals surface area contributed by atoms with E-state index in [1.165, 1.54) is 0 Å². The van der Waals surface area contributed by atoms with Crippen molar-refractivity contribution in [3.63, 3.8) is 0 Å². The Kier molecular flexibility index (Phi) is 4.72. The first kappa shape index (κ1) is 16.2. The van der Waals surface area contributed by atoms with Crippen LogP contribution in [0.3, 0.4) is 0 Å². The lowest BCUT2D eigenvalue weighted by Crippen LogP contribution is -2.54. The molecule has 2 aliphatic rings. The van der Waals surface area contributed by atoms with Crippen molar-refractivity contribution in [2.45, 2.75) is 37.7 Å². The Labute approximate surface area is 146 Å². The lowest BCUT2D eigenvalue weighted by Gasteiger charge is -2.38. The second-order valence-corrected chi connectivity index (χ2v) is 6.40. The van der Waals surface area contributed by atoms with E-state index in [-0.39, 0.29) is 24.2 Å². The minimum atomic E-state index is -0.0712. The number of hydrogen-bond donors (Lipinski definition) is 0. The summed E-state index contributed by atoms with van der Waals surface area (Å²) in [5.41, 5.74) is 1.53. The fraction of sp³-hybridized carbons (Fsp3) is 0.421. The molecule has 0 N–H and O–H groups in total. The summed E-state index contributed by atoms with van der Waals surface area (Å²) in [6.45, 7) is 1.65. The number of hydrogen-bond acceptors (Lipinski definition) is 5. The number of morpholine rings is 1. The fourth-order valence-corrected chi connectivity index (χ4v) is 3.67. The number of rotatable bonds is 4. The van der Waals surface area contributed by atoms with Gasteiger partial charge in [-0.1, -0.05) is 12.1 Å². The van der Waals surface area contributed by atoms with E-state index >= 15 is 0 Å². The van der Waals surface area contributed by atoms with Gasteiger partial charge in [-0.25, -0.2) is 0 Å². The van der Waals surface area contributed by atoms with Crippen LogP contribution in [0.4, 0.5) is 0 Å². The summed E-state index contributed by atoms with van der Waals surface area (Å²) in [6.07, 6.45) is 6.93. The maximum atomic E-state index is 12.8. The first-order chi connectivity index (χ1) is 12.3. The molecule has 6 heteroatoms. The summed E-state index contributed by atoms with van der Waals surface area (Å²) >= 11 is 0. The second kappa shape index (κ2) is 7.29. The van der Waals surface area contributed by atoms with Crippen molar-refractivity contribution in [1.82, 2.24) is 14.9 Å². The molecule has 130 valence electrons. The number of pyridine rings is 2. The molecule has 1 saturated heterocycles. The summed E-state index contributed by atoms with van der Waals surface area (Å²) in [4.78, 5) is 23.0. The number of fused-ring (bicyclic) bond motifs is 1. The van der Waals surface area contributed by atoms with Crippen molar-refractivity contribution >= 4 is 5.91 Å². The molecule has 0 radical (unpaired) electrons. The fourth-order valence-electron chi connectivity index (χ4n) is 3.67. The highest BCUT2D eigenvalue weighted by molar-refractivity contribution is 5.92. The third kappa shape index (κ3) is 3.41. The molecule has 0 unspecified atom stereocenters. The average molecular weight is 339 g/mol. The minimum Gasteiger partial charge on any atom is -0.372 e. The van der Waals surface area contributed by atoms with Crippen molar-refractivity contribution in [1.29, 1.82) is 0 Å². The third-order valence-corrected chi connectivity index (χ3v) is 4.87. The smallest absolute Gasteiger partial charge is 0.272 e. The van der Waals surface area contributed by atoms with Crippen LogP contribution in [0, 0.1) is 0 Å². The Morgan fingerprint density at radius 3 is 3.00 bits per heavy atom. The van der Waals surface area contributed by atoms with Crippen LogP contribution in [0.15, 0.2) is 48.9 Å². The van der Waals surface area contributed by atoms with Crippen molar-refractivity contribution in [3.05, 3.63) is 60.2 Å². The first-order valence-electron chi connectivity index (χ1n) is 8.67. The molecule has 1 saturated carbocycles. The predicted molar refractivity (Wildman–Crippen MR) is 90.8 cm³/mol. The predicted octanol–water partition coefficient (Wildman–Crippen LogP) is 2.07. The second-order valence-electron chi connectivity index (χ2n) is 6.40. The van der Waals surface area contributed by atoms with Crippen molar-refractivity contribution in [2.24, 2.45) is 0 Å². The van der Waals surface area contributed by atoms with Crippen LogP contribution in [0.2, 0.25) is 0 Å². The van der Waals surface area contributed by atoms with Crippen molar-refractivity contribution in [2.75, 3.05) is 13.2 Å². The van der Waals surface area contributed by atoms with E-state index in [0.717, 1.165) is 18.4 Å². The van der Waals surface area contributed by atoms with Gasteiger partial charge in [0.15, 0.2) is 0 Å². The van der Waals surface area contributed by atoms with Gasteiger partial charge in [0.2, 0.25) is 0 Å². The van der Waals surface area contributed by atoms with E-state index in [1.807, 2.05) is 35.4 Å². The van der Waals surface area contributed by atoms with E-state index in [1.54, 1.807) is 18.5 Å². The van der Waals surface area contributed by atoms with Gasteiger partial charge in [0.05, 0.1) is 25.4 Å². The quantitative estimate of drug-likeness (QED) is 0.853. The monoisotopic (exact) mass is 339 g/mol. The largest absolute Gasteiger partial charge is 0.372 e. The van der Waals surface area contributed by atoms with Crippen LogP contribution in [0.5, 0.6) is 0 Å². The lowest BCUT2D eigenvalue weighted by atomic mass is 10.1. The van der Waals surface area contributed by atoms with Gasteiger partial charge in [-0.15, -0.1) is 0 Å². The topological polar surface area (TPSA) is 64.6 Å². The summed E-state index contributed by atoms with van der Waals surface area (Å²) in [5, 5.41) is 0. The van der Waals surface area contributed by atoms with Gasteiger partial charge in [0.25, 0.3) is 5.91 Å². The molecule has 0 bridgehead atoms. The third-order valence-electron chi connectivity index (χ3n) is 4.87. The Morgan fingerprint density at radius 2 is 2.20 bits per heavy atom. The summed E-state index contributed by atoms with van der Waals surface area (Å²) < 4.78 is 12.0. The molecule has 0 aromatic carbocycles. The number of nitrogens with zero attached hydrogens (tertiary/aromatic N) is 3. The van der Waals surface area contributed by atoms with Crippen molar-refractivity contribution in [3.8, 4) is 0 Å². The van der Waals surface area contributed by atoms with Gasteiger partial charge < -0.3 is 14.4 Å². The molecular formula is C19H21N3O3. The summed E-state index contributed by atoms with van der Waals surface area (Å²) in [7, 11) is 0. The zero-order valence-corrected chi connectivity index (χ0v) is 14.0. The highest BCUT2D eigenvalue weighted by atomic mass is 16.5. The van der Waals surface area contributed by atoms with Crippen LogP contribution in [-0.2, 0) is 16.1 Å². The Hall–Kier alpha value is -2.31. The molecule has 1 amide bonds. The number of carbonyl (C=O) groups excluding carboxylic acids is 1. The molecule has 6 nitrogen and oxygen atoms in total. The molecule has 4 rings (SSSR count). The van der Waals surface area contributed by atoms with Gasteiger partial charge in [-0.3, -0.25) is 14.8 Å². The van der Waals surface area contributed by atoms with Crippen LogP contribution < -0.4 is 0 Å². The number of carbonyl (C=O) groups is 1. The maximum absolute atomic E-state index is 12.8. The average Bonchev–Trinajstić information content (AvgIpc) is 3.10. The summed E-state index contributed by atoms with van der Waals surface area (Å²) in [6, 6.07) is 9.38. The number of ether oxygens (including phenoxy) is 2. The SMILES string of the molecule is O=C(c1ccccn1)N1CCO[C@@H]2[C@H]1CC[C@H]2OCc1cccnc1.